The van der Waals surface area contributed by atoms with Crippen molar-refractivity contribution >= 4 is 31.4 Å². The van der Waals surface area contributed by atoms with Crippen LogP contribution in [0.15, 0.2) is 155 Å². The number of nitrogens with zero attached hydrogens (tertiary/aromatic N) is 4. The van der Waals surface area contributed by atoms with Crippen LogP contribution in [-0.2, 0) is 32.4 Å². The van der Waals surface area contributed by atoms with Crippen molar-refractivity contribution in [3.05, 3.63) is 169 Å². The third-order valence-corrected chi connectivity index (χ3v) is 12.7. The lowest BCUT2D eigenvalue weighted by Crippen LogP contribution is -2.11. The fourth-order valence-corrected chi connectivity index (χ4v) is 8.40. The van der Waals surface area contributed by atoms with Gasteiger partial charge in [0.1, 0.15) is 27.2 Å². The molecule has 0 fully saturated rings. The van der Waals surface area contributed by atoms with E-state index in [2.05, 4.69) is 19.9 Å². The van der Waals surface area contributed by atoms with Gasteiger partial charge < -0.3 is 0 Å². The van der Waals surface area contributed by atoms with Crippen LogP contribution in [0, 0.1) is 11.6 Å². The summed E-state index contributed by atoms with van der Waals surface area (Å²) in [5.74, 6) is -1.42. The summed E-state index contributed by atoms with van der Waals surface area (Å²) in [5.41, 5.74) is 0.437. The molecule has 0 aliphatic carbocycles. The van der Waals surface area contributed by atoms with Crippen molar-refractivity contribution in [2.75, 3.05) is 0 Å². The molecule has 0 unspecified atom stereocenters. The molecule has 0 bridgehead atoms. The maximum Gasteiger partial charge on any atom is 0.433 e. The Bertz CT molecular complexity index is 3280. The zero-order chi connectivity index (χ0) is 46.9. The molecule has 8 aromatic rings. The Morgan fingerprint density at radius 2 is 0.846 bits per heavy atom. The van der Waals surface area contributed by atoms with Crippen molar-refractivity contribution in [2.24, 2.45) is 10.3 Å². The lowest BCUT2D eigenvalue weighted by Gasteiger charge is -2.12. The monoisotopic (exact) mass is 952 g/mol. The summed E-state index contributed by atoms with van der Waals surface area (Å²) >= 11 is 0.936. The predicted molar refractivity (Wildman–Crippen MR) is 227 cm³/mol. The number of hydrogen-bond acceptors (Lipinski definition) is 9. The molecule has 332 valence electrons. The zero-order valence-electron chi connectivity index (χ0n) is 32.7. The van der Waals surface area contributed by atoms with E-state index in [0.717, 1.165) is 47.7 Å². The molecule has 0 atom stereocenters. The Kier molecular flexibility index (Phi) is 12.8. The summed E-state index contributed by atoms with van der Waals surface area (Å²) in [4.78, 5) is 16.3. The molecule has 4 N–H and O–H groups in total. The molecule has 5 aromatic carbocycles. The number of halogens is 8. The SMILES string of the molecule is NS(=O)(=O)c1ccc(-c2cccc(-c3nc(-c4ccc(F)cc4)cc(C(F)(F)F)n3)c2)s1.NS(=O)(=O)c1cccc(-c2cccc(-c3nc(-c4ccc(F)cc4)cc(C(F)(F)F)n3)c2)c1. The van der Waals surface area contributed by atoms with E-state index in [9.17, 15) is 52.0 Å². The topological polar surface area (TPSA) is 172 Å². The summed E-state index contributed by atoms with van der Waals surface area (Å²) in [7, 11) is -7.80. The highest BCUT2D eigenvalue weighted by molar-refractivity contribution is 7.91. The number of rotatable bonds is 8. The number of thiophene rings is 1. The number of aromatic nitrogens is 4. The van der Waals surface area contributed by atoms with E-state index < -0.39 is 55.4 Å². The summed E-state index contributed by atoms with van der Waals surface area (Å²) in [6, 6.07) is 32.9. The van der Waals surface area contributed by atoms with Crippen molar-refractivity contribution < 1.29 is 52.0 Å². The van der Waals surface area contributed by atoms with E-state index in [-0.39, 0.29) is 37.7 Å². The standard InChI is InChI=1S/C23H15F4N3O2S.C21H13F4N3O2S2/c24-18-9-7-14(8-10-18)20-13-21(23(25,26)27)30-22(29-20)17-5-1-3-15(11-17)16-4-2-6-19(12-16)33(28,31)32;22-15-6-4-12(5-7-15)16-11-18(21(23,24)25)28-20(27-16)14-3-1-2-13(10-14)17-8-9-19(31-17)32(26,29)30/h1-13H,(H2,28,31,32);1-11H,(H2,26,29,30). The summed E-state index contributed by atoms with van der Waals surface area (Å²) in [5, 5.41) is 10.3. The van der Waals surface area contributed by atoms with Gasteiger partial charge in [0.2, 0.25) is 20.0 Å². The van der Waals surface area contributed by atoms with E-state index in [0.29, 0.717) is 38.3 Å². The minimum atomic E-state index is -4.73. The fourth-order valence-electron chi connectivity index (χ4n) is 6.11. The summed E-state index contributed by atoms with van der Waals surface area (Å²) in [6.45, 7) is 0. The van der Waals surface area contributed by atoms with Gasteiger partial charge >= 0.3 is 12.4 Å². The van der Waals surface area contributed by atoms with Gasteiger partial charge in [0, 0.05) is 27.1 Å². The second-order valence-electron chi connectivity index (χ2n) is 13.8. The molecule has 0 amide bonds. The number of hydrogen-bond donors (Lipinski definition) is 2. The molecule has 0 saturated heterocycles. The molecule has 3 aromatic heterocycles. The molecule has 65 heavy (non-hydrogen) atoms. The first-order valence-corrected chi connectivity index (χ1v) is 22.3. The number of sulfonamides is 2. The van der Waals surface area contributed by atoms with Gasteiger partial charge in [-0.3, -0.25) is 0 Å². The molecule has 0 aliphatic heterocycles. The highest BCUT2D eigenvalue weighted by atomic mass is 32.2. The van der Waals surface area contributed by atoms with E-state index in [1.807, 2.05) is 0 Å². The highest BCUT2D eigenvalue weighted by Gasteiger charge is 2.35. The largest absolute Gasteiger partial charge is 0.433 e. The lowest BCUT2D eigenvalue weighted by atomic mass is 10.0. The number of benzene rings is 5. The van der Waals surface area contributed by atoms with Crippen molar-refractivity contribution in [1.82, 2.24) is 19.9 Å². The molecule has 8 rings (SSSR count). The van der Waals surface area contributed by atoms with Gasteiger partial charge in [0.05, 0.1) is 16.3 Å². The van der Waals surface area contributed by atoms with Crippen molar-refractivity contribution in [3.63, 3.8) is 0 Å². The Morgan fingerprint density at radius 3 is 1.28 bits per heavy atom. The molecule has 21 heteroatoms. The quantitative estimate of drug-likeness (QED) is 0.142. The molecule has 0 aliphatic rings. The van der Waals surface area contributed by atoms with Gasteiger partial charge in [-0.1, -0.05) is 48.5 Å². The van der Waals surface area contributed by atoms with Gasteiger partial charge in [-0.05, 0) is 114 Å². The normalized spacial score (nSPS) is 12.1. The van der Waals surface area contributed by atoms with E-state index >= 15 is 0 Å². The second kappa shape index (κ2) is 18.0. The van der Waals surface area contributed by atoms with Gasteiger partial charge in [-0.15, -0.1) is 11.3 Å². The van der Waals surface area contributed by atoms with Crippen LogP contribution in [0.2, 0.25) is 0 Å². The van der Waals surface area contributed by atoms with Crippen LogP contribution < -0.4 is 10.3 Å². The van der Waals surface area contributed by atoms with Crippen molar-refractivity contribution in [2.45, 2.75) is 21.5 Å². The molecule has 0 saturated carbocycles. The summed E-state index contributed by atoms with van der Waals surface area (Å²) < 4.78 is 154. The minimum Gasteiger partial charge on any atom is -0.228 e. The van der Waals surface area contributed by atoms with E-state index in [4.69, 9.17) is 10.3 Å². The van der Waals surface area contributed by atoms with Crippen LogP contribution in [0.3, 0.4) is 0 Å². The van der Waals surface area contributed by atoms with Crippen LogP contribution in [0.1, 0.15) is 11.4 Å². The van der Waals surface area contributed by atoms with Crippen LogP contribution >= 0.6 is 11.3 Å². The lowest BCUT2D eigenvalue weighted by molar-refractivity contribution is -0.141. The first-order valence-electron chi connectivity index (χ1n) is 18.4. The molecule has 3 heterocycles. The smallest absolute Gasteiger partial charge is 0.228 e. The van der Waals surface area contributed by atoms with Crippen molar-refractivity contribution in [1.29, 1.82) is 0 Å². The zero-order valence-corrected chi connectivity index (χ0v) is 35.1. The third-order valence-electron chi connectivity index (χ3n) is 9.20. The Hall–Kier alpha value is -6.78. The van der Waals surface area contributed by atoms with Crippen LogP contribution in [-0.4, -0.2) is 36.8 Å². The minimum absolute atomic E-state index is 0.0136. The summed E-state index contributed by atoms with van der Waals surface area (Å²) in [6.07, 6.45) is -9.45. The predicted octanol–water partition coefficient (Wildman–Crippen LogP) is 10.6. The number of nitrogens with two attached hydrogens (primary N) is 2. The van der Waals surface area contributed by atoms with Gasteiger partial charge in [0.15, 0.2) is 11.6 Å². The maximum atomic E-state index is 13.5. The van der Waals surface area contributed by atoms with Crippen LogP contribution in [0.4, 0.5) is 35.1 Å². The average molecular weight is 953 g/mol. The highest BCUT2D eigenvalue weighted by Crippen LogP contribution is 2.36. The number of alkyl halides is 6. The third kappa shape index (κ3) is 11.3. The Morgan fingerprint density at radius 1 is 0.431 bits per heavy atom. The average Bonchev–Trinajstić information content (AvgIpc) is 3.78. The molecule has 10 nitrogen and oxygen atoms in total. The van der Waals surface area contributed by atoms with Crippen molar-refractivity contribution in [3.8, 4) is 66.9 Å². The number of primary sulfonamides is 2. The van der Waals surface area contributed by atoms with E-state index in [1.54, 1.807) is 54.6 Å². The first kappa shape index (κ1) is 46.2. The van der Waals surface area contributed by atoms with Gasteiger partial charge in [-0.25, -0.2) is 55.8 Å². The second-order valence-corrected chi connectivity index (χ2v) is 18.3. The molecule has 0 spiro atoms. The van der Waals surface area contributed by atoms with Crippen LogP contribution in [0.25, 0.3) is 66.9 Å². The maximum absolute atomic E-state index is 13.5. The van der Waals surface area contributed by atoms with Gasteiger partial charge in [0.25, 0.3) is 0 Å². The molecule has 0 radical (unpaired) electrons. The Balaban J connectivity index is 0.000000194. The fraction of sp³-hybridized carbons (Fsp3) is 0.0455. The Labute approximate surface area is 369 Å². The molecular weight excluding hydrogens is 925 g/mol. The van der Waals surface area contributed by atoms with Gasteiger partial charge in [-0.2, -0.15) is 26.3 Å². The molecular formula is C44H28F8N6O4S3. The van der Waals surface area contributed by atoms with Crippen LogP contribution in [0.5, 0.6) is 0 Å². The first-order chi connectivity index (χ1) is 30.5. The van der Waals surface area contributed by atoms with E-state index in [1.165, 1.54) is 54.6 Å².